The number of nitrogens with one attached hydrogen (secondary N) is 2. The standard InChI is InChI=1S/C15H13F3N2O2/c1-22-11-8-6-10(7-9-11)14(21)20-19-13-5-3-2-4-12(13)15(16,17)18/h2-9,19H,1H3,(H,20,21). The van der Waals surface area contributed by atoms with Crippen molar-refractivity contribution in [1.82, 2.24) is 5.43 Å². The smallest absolute Gasteiger partial charge is 0.418 e. The Morgan fingerprint density at radius 3 is 2.27 bits per heavy atom. The van der Waals surface area contributed by atoms with E-state index in [-0.39, 0.29) is 11.3 Å². The summed E-state index contributed by atoms with van der Waals surface area (Å²) in [6.07, 6.45) is -4.51. The van der Waals surface area contributed by atoms with Crippen molar-refractivity contribution in [2.45, 2.75) is 6.18 Å². The monoisotopic (exact) mass is 310 g/mol. The second-order valence-corrected chi connectivity index (χ2v) is 4.35. The predicted octanol–water partition coefficient (Wildman–Crippen LogP) is 3.47. The number of hydrogen-bond acceptors (Lipinski definition) is 3. The van der Waals surface area contributed by atoms with E-state index in [1.165, 1.54) is 37.4 Å². The van der Waals surface area contributed by atoms with Crippen LogP contribution in [-0.2, 0) is 6.18 Å². The van der Waals surface area contributed by atoms with E-state index in [2.05, 4.69) is 10.9 Å². The van der Waals surface area contributed by atoms with Crippen LogP contribution in [0, 0.1) is 0 Å². The quantitative estimate of drug-likeness (QED) is 0.850. The molecule has 116 valence electrons. The van der Waals surface area contributed by atoms with E-state index < -0.39 is 17.6 Å². The van der Waals surface area contributed by atoms with Crippen LogP contribution in [0.3, 0.4) is 0 Å². The Morgan fingerprint density at radius 2 is 1.68 bits per heavy atom. The molecule has 2 rings (SSSR count). The third-order valence-electron chi connectivity index (χ3n) is 2.90. The van der Waals surface area contributed by atoms with Crippen LogP contribution in [-0.4, -0.2) is 13.0 Å². The Bertz CT molecular complexity index is 655. The minimum absolute atomic E-state index is 0.225. The fourth-order valence-corrected chi connectivity index (χ4v) is 1.78. The molecule has 0 atom stereocenters. The number of anilines is 1. The second-order valence-electron chi connectivity index (χ2n) is 4.35. The van der Waals surface area contributed by atoms with Gasteiger partial charge in [-0.05, 0) is 36.4 Å². The van der Waals surface area contributed by atoms with Crippen LogP contribution < -0.4 is 15.6 Å². The van der Waals surface area contributed by atoms with Crippen LogP contribution in [0.5, 0.6) is 5.75 Å². The molecule has 0 aliphatic carbocycles. The van der Waals surface area contributed by atoms with Crippen LogP contribution in [0.2, 0.25) is 0 Å². The number of halogens is 3. The lowest BCUT2D eigenvalue weighted by molar-refractivity contribution is -0.137. The molecule has 2 aromatic rings. The van der Waals surface area contributed by atoms with Gasteiger partial charge in [0.1, 0.15) is 5.75 Å². The maximum atomic E-state index is 12.8. The maximum absolute atomic E-state index is 12.8. The number of benzene rings is 2. The van der Waals surface area contributed by atoms with Crippen molar-refractivity contribution in [1.29, 1.82) is 0 Å². The molecule has 0 radical (unpaired) electrons. The van der Waals surface area contributed by atoms with Gasteiger partial charge in [0.05, 0.1) is 18.4 Å². The Kier molecular flexibility index (Phi) is 4.55. The Hall–Kier alpha value is -2.70. The van der Waals surface area contributed by atoms with Crippen molar-refractivity contribution in [2.75, 3.05) is 12.5 Å². The Balaban J connectivity index is 2.08. The molecule has 0 spiro atoms. The van der Waals surface area contributed by atoms with Gasteiger partial charge in [0.15, 0.2) is 0 Å². The SMILES string of the molecule is COc1ccc(C(=O)NNc2ccccc2C(F)(F)F)cc1. The van der Waals surface area contributed by atoms with Crippen LogP contribution in [0.1, 0.15) is 15.9 Å². The van der Waals surface area contributed by atoms with Crippen molar-refractivity contribution in [3.63, 3.8) is 0 Å². The van der Waals surface area contributed by atoms with Crippen molar-refractivity contribution < 1.29 is 22.7 Å². The van der Waals surface area contributed by atoms with Gasteiger partial charge < -0.3 is 4.74 Å². The fraction of sp³-hybridized carbons (Fsp3) is 0.133. The zero-order valence-electron chi connectivity index (χ0n) is 11.6. The number of hydrazine groups is 1. The molecule has 0 aromatic heterocycles. The first kappa shape index (κ1) is 15.7. The lowest BCUT2D eigenvalue weighted by atomic mass is 10.2. The van der Waals surface area contributed by atoms with E-state index in [1.807, 2.05) is 0 Å². The normalized spacial score (nSPS) is 10.9. The molecule has 4 nitrogen and oxygen atoms in total. The Morgan fingerprint density at radius 1 is 1.05 bits per heavy atom. The highest BCUT2D eigenvalue weighted by Gasteiger charge is 2.33. The molecule has 0 saturated heterocycles. The van der Waals surface area contributed by atoms with E-state index in [0.717, 1.165) is 6.07 Å². The van der Waals surface area contributed by atoms with E-state index in [4.69, 9.17) is 4.74 Å². The summed E-state index contributed by atoms with van der Waals surface area (Å²) in [5, 5.41) is 0. The molecule has 2 N–H and O–H groups in total. The predicted molar refractivity (Wildman–Crippen MR) is 75.5 cm³/mol. The van der Waals surface area contributed by atoms with E-state index in [0.29, 0.717) is 5.75 Å². The van der Waals surface area contributed by atoms with E-state index >= 15 is 0 Å². The highest BCUT2D eigenvalue weighted by atomic mass is 19.4. The number of carbonyl (C=O) groups is 1. The summed E-state index contributed by atoms with van der Waals surface area (Å²) in [6, 6.07) is 11.1. The van der Waals surface area contributed by atoms with Crippen LogP contribution in [0.15, 0.2) is 48.5 Å². The van der Waals surface area contributed by atoms with Crippen molar-refractivity contribution in [3.05, 3.63) is 59.7 Å². The summed E-state index contributed by atoms with van der Waals surface area (Å²) in [7, 11) is 1.49. The molecule has 1 amide bonds. The first-order valence-electron chi connectivity index (χ1n) is 6.28. The lowest BCUT2D eigenvalue weighted by Crippen LogP contribution is -2.30. The summed E-state index contributed by atoms with van der Waals surface area (Å²) in [5.74, 6) is 0.0200. The first-order valence-corrected chi connectivity index (χ1v) is 6.28. The molecule has 0 saturated carbocycles. The molecule has 0 aliphatic rings. The molecule has 0 bridgehead atoms. The fourth-order valence-electron chi connectivity index (χ4n) is 1.78. The molecule has 2 aromatic carbocycles. The van der Waals surface area contributed by atoms with E-state index in [1.54, 1.807) is 12.1 Å². The minimum Gasteiger partial charge on any atom is -0.497 e. The van der Waals surface area contributed by atoms with Gasteiger partial charge in [-0.3, -0.25) is 15.6 Å². The molecule has 0 heterocycles. The first-order chi connectivity index (χ1) is 10.4. The van der Waals surface area contributed by atoms with Gasteiger partial charge >= 0.3 is 6.18 Å². The number of methoxy groups -OCH3 is 1. The zero-order chi connectivity index (χ0) is 16.2. The third-order valence-corrected chi connectivity index (χ3v) is 2.90. The van der Waals surface area contributed by atoms with Crippen LogP contribution >= 0.6 is 0 Å². The highest BCUT2D eigenvalue weighted by molar-refractivity contribution is 5.95. The van der Waals surface area contributed by atoms with Crippen LogP contribution in [0.4, 0.5) is 18.9 Å². The average molecular weight is 310 g/mol. The van der Waals surface area contributed by atoms with Gasteiger partial charge in [-0.1, -0.05) is 12.1 Å². The summed E-state index contributed by atoms with van der Waals surface area (Å²) in [4.78, 5) is 11.9. The number of rotatable bonds is 4. The lowest BCUT2D eigenvalue weighted by Gasteiger charge is -2.15. The van der Waals surface area contributed by atoms with Crippen molar-refractivity contribution in [3.8, 4) is 5.75 Å². The highest BCUT2D eigenvalue weighted by Crippen LogP contribution is 2.34. The average Bonchev–Trinajstić information content (AvgIpc) is 2.52. The largest absolute Gasteiger partial charge is 0.497 e. The number of para-hydroxylation sites is 1. The van der Waals surface area contributed by atoms with Crippen LogP contribution in [0.25, 0.3) is 0 Å². The summed E-state index contributed by atoms with van der Waals surface area (Å²) < 4.78 is 43.4. The van der Waals surface area contributed by atoms with Crippen molar-refractivity contribution in [2.24, 2.45) is 0 Å². The molecule has 0 fully saturated rings. The summed E-state index contributed by atoms with van der Waals surface area (Å²) in [6.45, 7) is 0. The summed E-state index contributed by atoms with van der Waals surface area (Å²) >= 11 is 0. The maximum Gasteiger partial charge on any atom is 0.418 e. The van der Waals surface area contributed by atoms with Gasteiger partial charge in [0, 0.05) is 5.56 Å². The molecule has 0 aliphatic heterocycles. The topological polar surface area (TPSA) is 50.4 Å². The number of alkyl halides is 3. The second kappa shape index (κ2) is 6.38. The van der Waals surface area contributed by atoms with E-state index in [9.17, 15) is 18.0 Å². The van der Waals surface area contributed by atoms with Gasteiger partial charge in [-0.15, -0.1) is 0 Å². The van der Waals surface area contributed by atoms with Crippen molar-refractivity contribution >= 4 is 11.6 Å². The number of carbonyl (C=O) groups excluding carboxylic acids is 1. The number of amides is 1. The molecule has 22 heavy (non-hydrogen) atoms. The van der Waals surface area contributed by atoms with Gasteiger partial charge in [-0.25, -0.2) is 0 Å². The van der Waals surface area contributed by atoms with Gasteiger partial charge in [0.2, 0.25) is 0 Å². The minimum atomic E-state index is -4.51. The zero-order valence-corrected chi connectivity index (χ0v) is 11.6. The van der Waals surface area contributed by atoms with Gasteiger partial charge in [0.25, 0.3) is 5.91 Å². The third kappa shape index (κ3) is 3.69. The number of hydrogen-bond donors (Lipinski definition) is 2. The molecular weight excluding hydrogens is 297 g/mol. The summed E-state index contributed by atoms with van der Waals surface area (Å²) in [5.41, 5.74) is 3.74. The molecule has 7 heteroatoms. The molecule has 0 unspecified atom stereocenters. The van der Waals surface area contributed by atoms with Gasteiger partial charge in [-0.2, -0.15) is 13.2 Å². The number of ether oxygens (including phenoxy) is 1. The molecular formula is C15H13F3N2O2. The Labute approximate surface area is 124 Å².